The van der Waals surface area contributed by atoms with Crippen molar-refractivity contribution in [2.75, 3.05) is 23.3 Å². The van der Waals surface area contributed by atoms with Crippen molar-refractivity contribution in [2.45, 2.75) is 37.9 Å². The Balaban J connectivity index is 1.40. The van der Waals surface area contributed by atoms with Gasteiger partial charge in [-0.25, -0.2) is 4.98 Å². The van der Waals surface area contributed by atoms with Crippen LogP contribution in [-0.2, 0) is 11.0 Å². The Kier molecular flexibility index (Phi) is 6.28. The molecular formula is C22H22ClF3N4O2. The van der Waals surface area contributed by atoms with Crippen molar-refractivity contribution >= 4 is 34.9 Å². The van der Waals surface area contributed by atoms with Crippen LogP contribution < -0.4 is 15.5 Å². The van der Waals surface area contributed by atoms with Crippen molar-refractivity contribution in [1.29, 1.82) is 0 Å². The number of nitrogens with zero attached hydrogens (tertiary/aromatic N) is 2. The fraction of sp³-hybridized carbons (Fsp3) is 0.409. The average Bonchev–Trinajstić information content (AvgIpc) is 3.59. The lowest BCUT2D eigenvalue weighted by atomic mass is 10.0. The number of benzene rings is 1. The van der Waals surface area contributed by atoms with Gasteiger partial charge >= 0.3 is 6.18 Å². The summed E-state index contributed by atoms with van der Waals surface area (Å²) < 4.78 is 38.7. The zero-order valence-corrected chi connectivity index (χ0v) is 17.8. The lowest BCUT2D eigenvalue weighted by Crippen LogP contribution is -2.48. The number of anilines is 2. The summed E-state index contributed by atoms with van der Waals surface area (Å²) in [5, 5.41) is 5.71. The molecule has 2 aliphatic rings. The third-order valence-electron chi connectivity index (χ3n) is 5.59. The average molecular weight is 467 g/mol. The topological polar surface area (TPSA) is 74.3 Å². The van der Waals surface area contributed by atoms with E-state index in [2.05, 4.69) is 15.6 Å². The lowest BCUT2D eigenvalue weighted by Gasteiger charge is -2.35. The molecule has 0 bridgehead atoms. The van der Waals surface area contributed by atoms with E-state index >= 15 is 0 Å². The summed E-state index contributed by atoms with van der Waals surface area (Å²) in [5.41, 5.74) is 0.0822. The summed E-state index contributed by atoms with van der Waals surface area (Å²) in [5.74, 6) is -0.0398. The Morgan fingerprint density at radius 3 is 2.59 bits per heavy atom. The fourth-order valence-corrected chi connectivity index (χ4v) is 4.04. The molecule has 2 N–H and O–H groups in total. The molecule has 1 unspecified atom stereocenters. The van der Waals surface area contributed by atoms with Crippen LogP contribution in [0.15, 0.2) is 36.5 Å². The van der Waals surface area contributed by atoms with Crippen molar-refractivity contribution in [2.24, 2.45) is 5.92 Å². The highest BCUT2D eigenvalue weighted by Gasteiger charge is 2.32. The first-order valence-corrected chi connectivity index (χ1v) is 10.8. The maximum Gasteiger partial charge on any atom is 0.416 e. The van der Waals surface area contributed by atoms with E-state index < -0.39 is 11.7 Å². The van der Waals surface area contributed by atoms with Gasteiger partial charge in [-0.05, 0) is 56.0 Å². The predicted molar refractivity (Wildman–Crippen MR) is 115 cm³/mol. The van der Waals surface area contributed by atoms with Crippen LogP contribution in [0, 0.1) is 5.92 Å². The zero-order valence-electron chi connectivity index (χ0n) is 17.1. The monoisotopic (exact) mass is 466 g/mol. The third kappa shape index (κ3) is 5.32. The van der Waals surface area contributed by atoms with Crippen LogP contribution >= 0.6 is 11.6 Å². The normalized spacial score (nSPS) is 18.9. The van der Waals surface area contributed by atoms with Gasteiger partial charge in [-0.15, -0.1) is 0 Å². The molecular weight excluding hydrogens is 445 g/mol. The summed E-state index contributed by atoms with van der Waals surface area (Å²) in [6, 6.07) is 6.20. The number of carbonyl (C=O) groups excluding carboxylic acids is 2. The molecule has 32 heavy (non-hydrogen) atoms. The van der Waals surface area contributed by atoms with Gasteiger partial charge in [0, 0.05) is 36.8 Å². The van der Waals surface area contributed by atoms with Gasteiger partial charge in [-0.2, -0.15) is 13.2 Å². The number of nitrogens with one attached hydrogen (secondary N) is 2. The Labute approximate surface area is 188 Å². The molecule has 1 aliphatic heterocycles. The number of carbonyl (C=O) groups is 2. The highest BCUT2D eigenvalue weighted by atomic mass is 35.5. The second kappa shape index (κ2) is 8.97. The molecule has 1 aliphatic carbocycles. The first-order valence-electron chi connectivity index (χ1n) is 10.4. The Hall–Kier alpha value is -2.81. The van der Waals surface area contributed by atoms with Gasteiger partial charge < -0.3 is 15.5 Å². The molecule has 2 heterocycles. The Morgan fingerprint density at radius 1 is 1.12 bits per heavy atom. The second-order valence-electron chi connectivity index (χ2n) is 8.12. The van der Waals surface area contributed by atoms with Gasteiger partial charge in [0.25, 0.3) is 5.91 Å². The summed E-state index contributed by atoms with van der Waals surface area (Å²) in [4.78, 5) is 30.6. The molecule has 1 saturated carbocycles. The Bertz CT molecular complexity index is 1030. The molecule has 170 valence electrons. The van der Waals surface area contributed by atoms with Crippen LogP contribution in [-0.4, -0.2) is 35.9 Å². The van der Waals surface area contributed by atoms with Gasteiger partial charge in [0.1, 0.15) is 5.82 Å². The van der Waals surface area contributed by atoms with Crippen molar-refractivity contribution < 1.29 is 22.8 Å². The number of piperidine rings is 1. The van der Waals surface area contributed by atoms with Crippen molar-refractivity contribution in [3.8, 4) is 0 Å². The van der Waals surface area contributed by atoms with Crippen LogP contribution in [0.1, 0.15) is 41.6 Å². The number of amides is 2. The molecule has 1 aromatic heterocycles. The van der Waals surface area contributed by atoms with E-state index in [-0.39, 0.29) is 28.8 Å². The quantitative estimate of drug-likeness (QED) is 0.680. The van der Waals surface area contributed by atoms with Crippen molar-refractivity contribution in [3.05, 3.63) is 52.7 Å². The second-order valence-corrected chi connectivity index (χ2v) is 8.52. The zero-order chi connectivity index (χ0) is 22.9. The van der Waals surface area contributed by atoms with E-state index in [1.54, 1.807) is 6.07 Å². The van der Waals surface area contributed by atoms with E-state index in [0.717, 1.165) is 37.8 Å². The number of pyridine rings is 1. The molecule has 2 amide bonds. The van der Waals surface area contributed by atoms with Crippen LogP contribution in [0.4, 0.5) is 24.7 Å². The maximum absolute atomic E-state index is 12.9. The van der Waals surface area contributed by atoms with E-state index in [0.29, 0.717) is 30.2 Å². The van der Waals surface area contributed by atoms with Crippen LogP contribution in [0.25, 0.3) is 0 Å². The summed E-state index contributed by atoms with van der Waals surface area (Å²) >= 11 is 6.13. The largest absolute Gasteiger partial charge is 0.416 e. The van der Waals surface area contributed by atoms with Gasteiger partial charge in [0.05, 0.1) is 16.3 Å². The molecule has 4 rings (SSSR count). The van der Waals surface area contributed by atoms with E-state index in [9.17, 15) is 22.8 Å². The number of hydrogen-bond acceptors (Lipinski definition) is 4. The summed E-state index contributed by atoms with van der Waals surface area (Å²) in [6.45, 7) is 1.05. The molecule has 2 aromatic rings. The number of rotatable bonds is 5. The number of hydrogen-bond donors (Lipinski definition) is 2. The van der Waals surface area contributed by atoms with Crippen molar-refractivity contribution in [3.63, 3.8) is 0 Å². The number of alkyl halides is 3. The van der Waals surface area contributed by atoms with Crippen LogP contribution in [0.5, 0.6) is 0 Å². The third-order valence-corrected chi connectivity index (χ3v) is 5.90. The number of aromatic nitrogens is 1. The predicted octanol–water partition coefficient (Wildman–Crippen LogP) is 4.50. The van der Waals surface area contributed by atoms with Gasteiger partial charge in [0.15, 0.2) is 0 Å². The fourth-order valence-electron chi connectivity index (χ4n) is 3.74. The van der Waals surface area contributed by atoms with Crippen LogP contribution in [0.3, 0.4) is 0 Å². The minimum absolute atomic E-state index is 0.0250. The maximum atomic E-state index is 12.9. The highest BCUT2D eigenvalue weighted by molar-refractivity contribution is 6.33. The minimum atomic E-state index is -4.46. The van der Waals surface area contributed by atoms with Gasteiger partial charge in [0.2, 0.25) is 5.91 Å². The molecule has 10 heteroatoms. The summed E-state index contributed by atoms with van der Waals surface area (Å²) in [7, 11) is 0. The first kappa shape index (κ1) is 22.4. The molecule has 2 fully saturated rings. The summed E-state index contributed by atoms with van der Waals surface area (Å²) in [6.07, 6.45) is 0.229. The minimum Gasteiger partial charge on any atom is -0.368 e. The number of halogens is 4. The first-order chi connectivity index (χ1) is 15.2. The standard InChI is InChI=1S/C22H22ClF3N4O2/c23-17-11-15(22(24,25)26)5-6-18(17)30-9-1-2-16(12-30)28-21(32)14-7-8-27-19(10-14)29-20(31)13-3-4-13/h5-8,10-11,13,16H,1-4,9,12H2,(H,28,32)(H,27,29,31). The van der Waals surface area contributed by atoms with E-state index in [1.807, 2.05) is 4.90 Å². The van der Waals surface area contributed by atoms with E-state index in [1.165, 1.54) is 18.3 Å². The molecule has 1 atom stereocenters. The molecule has 6 nitrogen and oxygen atoms in total. The van der Waals surface area contributed by atoms with E-state index in [4.69, 9.17) is 11.6 Å². The van der Waals surface area contributed by atoms with Crippen molar-refractivity contribution in [1.82, 2.24) is 10.3 Å². The molecule has 0 radical (unpaired) electrons. The smallest absolute Gasteiger partial charge is 0.368 e. The highest BCUT2D eigenvalue weighted by Crippen LogP contribution is 2.36. The molecule has 0 spiro atoms. The Morgan fingerprint density at radius 2 is 1.91 bits per heavy atom. The molecule has 1 saturated heterocycles. The van der Waals surface area contributed by atoms with Gasteiger partial charge in [-0.1, -0.05) is 11.6 Å². The van der Waals surface area contributed by atoms with Crippen LogP contribution in [0.2, 0.25) is 5.02 Å². The van der Waals surface area contributed by atoms with Gasteiger partial charge in [-0.3, -0.25) is 9.59 Å². The molecule has 1 aromatic carbocycles. The lowest BCUT2D eigenvalue weighted by molar-refractivity contribution is -0.137. The SMILES string of the molecule is O=C(NC1CCCN(c2ccc(C(F)(F)F)cc2Cl)C1)c1ccnc(NC(=O)C2CC2)c1.